The molecule has 0 saturated carbocycles. The van der Waals surface area contributed by atoms with Crippen molar-refractivity contribution in [2.75, 3.05) is 49.6 Å². The zero-order valence-corrected chi connectivity index (χ0v) is 16.5. The molecule has 0 radical (unpaired) electrons. The zero-order valence-electron chi connectivity index (χ0n) is 16.5. The van der Waals surface area contributed by atoms with E-state index < -0.39 is 0 Å². The van der Waals surface area contributed by atoms with Gasteiger partial charge in [0.1, 0.15) is 18.0 Å². The highest BCUT2D eigenvalue weighted by molar-refractivity contribution is 5.56. The number of piperazine rings is 1. The maximum Gasteiger partial charge on any atom is 0.248 e. The molecule has 8 nitrogen and oxygen atoms in total. The van der Waals surface area contributed by atoms with Gasteiger partial charge < -0.3 is 15.0 Å². The van der Waals surface area contributed by atoms with Crippen molar-refractivity contribution in [2.45, 2.75) is 13.0 Å². The van der Waals surface area contributed by atoms with Crippen LogP contribution in [0, 0.1) is 6.92 Å². The molecule has 8 heteroatoms. The summed E-state index contributed by atoms with van der Waals surface area (Å²) in [4.78, 5) is 14.1. The van der Waals surface area contributed by atoms with Gasteiger partial charge >= 0.3 is 0 Å². The van der Waals surface area contributed by atoms with Gasteiger partial charge in [0.15, 0.2) is 0 Å². The monoisotopic (exact) mass is 391 g/mol. The van der Waals surface area contributed by atoms with Gasteiger partial charge in [0.2, 0.25) is 5.95 Å². The second-order valence-electron chi connectivity index (χ2n) is 7.52. The molecule has 5 rings (SSSR count). The zero-order chi connectivity index (χ0) is 19.6. The second-order valence-corrected chi connectivity index (χ2v) is 7.52. The van der Waals surface area contributed by atoms with Gasteiger partial charge in [0.25, 0.3) is 0 Å². The normalized spacial score (nSPS) is 17.9. The molecule has 3 aromatic rings. The Kier molecular flexibility index (Phi) is 4.87. The van der Waals surface area contributed by atoms with Gasteiger partial charge in [0, 0.05) is 26.2 Å². The van der Waals surface area contributed by atoms with Crippen molar-refractivity contribution in [3.63, 3.8) is 0 Å². The van der Waals surface area contributed by atoms with Gasteiger partial charge in [-0.1, -0.05) is 24.3 Å². The molecule has 0 spiro atoms. The first-order valence-corrected chi connectivity index (χ1v) is 10.0. The van der Waals surface area contributed by atoms with Crippen molar-refractivity contribution >= 4 is 17.6 Å². The van der Waals surface area contributed by atoms with Gasteiger partial charge in [0.05, 0.1) is 24.9 Å². The van der Waals surface area contributed by atoms with E-state index in [9.17, 15) is 0 Å². The van der Waals surface area contributed by atoms with E-state index in [0.717, 1.165) is 56.7 Å². The molecule has 2 fully saturated rings. The highest BCUT2D eigenvalue weighted by Gasteiger charge is 2.29. The molecule has 0 unspecified atom stereocenters. The van der Waals surface area contributed by atoms with Crippen LogP contribution in [0.15, 0.2) is 48.8 Å². The molecule has 2 aliphatic rings. The van der Waals surface area contributed by atoms with Crippen molar-refractivity contribution < 1.29 is 4.74 Å². The fourth-order valence-electron chi connectivity index (χ4n) is 3.78. The fraction of sp³-hybridized carbons (Fsp3) is 0.381. The third-order valence-electron chi connectivity index (χ3n) is 5.57. The van der Waals surface area contributed by atoms with Crippen molar-refractivity contribution in [1.29, 1.82) is 0 Å². The van der Waals surface area contributed by atoms with E-state index in [2.05, 4.69) is 38.2 Å². The second kappa shape index (κ2) is 7.81. The van der Waals surface area contributed by atoms with E-state index in [1.165, 1.54) is 5.56 Å². The molecule has 1 N–H and O–H groups in total. The van der Waals surface area contributed by atoms with E-state index >= 15 is 0 Å². The topological polar surface area (TPSA) is 71.3 Å². The lowest BCUT2D eigenvalue weighted by Gasteiger charge is -2.43. The van der Waals surface area contributed by atoms with E-state index in [-0.39, 0.29) is 0 Å². The Morgan fingerprint density at radius 2 is 1.79 bits per heavy atom. The lowest BCUT2D eigenvalue weighted by Crippen LogP contribution is -2.56. The lowest BCUT2D eigenvalue weighted by molar-refractivity contribution is -0.0661. The van der Waals surface area contributed by atoms with Crippen LogP contribution in [-0.4, -0.2) is 70.1 Å². The SMILES string of the molecule is Cc1ccc(Nc2ncn(-c3ccccc3)n2)nc1N1CCN(C2COC2)CC1. The van der Waals surface area contributed by atoms with Gasteiger partial charge in [-0.3, -0.25) is 4.90 Å². The van der Waals surface area contributed by atoms with Crippen LogP contribution in [0.2, 0.25) is 0 Å². The summed E-state index contributed by atoms with van der Waals surface area (Å²) in [5.74, 6) is 2.32. The fourth-order valence-corrected chi connectivity index (χ4v) is 3.78. The summed E-state index contributed by atoms with van der Waals surface area (Å²) >= 11 is 0. The Balaban J connectivity index is 1.28. The number of nitrogens with zero attached hydrogens (tertiary/aromatic N) is 6. The van der Waals surface area contributed by atoms with Gasteiger partial charge in [-0.25, -0.2) is 9.67 Å². The number of para-hydroxylation sites is 1. The predicted octanol–water partition coefficient (Wildman–Crippen LogP) is 2.24. The minimum absolute atomic E-state index is 0.533. The summed E-state index contributed by atoms with van der Waals surface area (Å²) < 4.78 is 7.08. The number of rotatable bonds is 5. The number of nitrogens with one attached hydrogen (secondary N) is 1. The van der Waals surface area contributed by atoms with Crippen LogP contribution in [0.25, 0.3) is 5.69 Å². The average molecular weight is 391 g/mol. The van der Waals surface area contributed by atoms with Gasteiger partial charge in [-0.05, 0) is 30.7 Å². The van der Waals surface area contributed by atoms with Crippen LogP contribution in [0.5, 0.6) is 0 Å². The molecule has 2 aromatic heterocycles. The number of ether oxygens (including phenoxy) is 1. The summed E-state index contributed by atoms with van der Waals surface area (Å²) in [6.07, 6.45) is 1.70. The molecule has 0 aliphatic carbocycles. The maximum atomic E-state index is 5.33. The van der Waals surface area contributed by atoms with Crippen molar-refractivity contribution in [3.8, 4) is 5.69 Å². The predicted molar refractivity (Wildman–Crippen MR) is 112 cm³/mol. The third kappa shape index (κ3) is 3.81. The Hall–Kier alpha value is -2.97. The van der Waals surface area contributed by atoms with E-state index in [1.54, 1.807) is 11.0 Å². The number of anilines is 3. The van der Waals surface area contributed by atoms with Gasteiger partial charge in [-0.2, -0.15) is 4.98 Å². The standard InChI is InChI=1S/C21H25N7O/c1-16-7-8-19(24-21-22-15-28(25-21)17-5-3-2-4-6-17)23-20(16)27-11-9-26(10-12-27)18-13-29-14-18/h2-8,15,18H,9-14H2,1H3,(H,23,24,25). The van der Waals surface area contributed by atoms with Crippen molar-refractivity contribution in [1.82, 2.24) is 24.6 Å². The summed E-state index contributed by atoms with van der Waals surface area (Å²) in [6.45, 7) is 7.92. The molecule has 0 bridgehead atoms. The van der Waals surface area contributed by atoms with Crippen LogP contribution < -0.4 is 10.2 Å². The van der Waals surface area contributed by atoms with E-state index in [0.29, 0.717) is 12.0 Å². The summed E-state index contributed by atoms with van der Waals surface area (Å²) in [5, 5.41) is 7.75. The van der Waals surface area contributed by atoms with Crippen LogP contribution in [0.1, 0.15) is 5.56 Å². The molecule has 150 valence electrons. The number of benzene rings is 1. The molecule has 4 heterocycles. The minimum Gasteiger partial charge on any atom is -0.378 e. The first-order valence-electron chi connectivity index (χ1n) is 10.0. The summed E-state index contributed by atoms with van der Waals surface area (Å²) in [7, 11) is 0. The molecule has 1 aromatic carbocycles. The Morgan fingerprint density at radius 3 is 2.52 bits per heavy atom. The van der Waals surface area contributed by atoms with Crippen LogP contribution >= 0.6 is 0 Å². The summed E-state index contributed by atoms with van der Waals surface area (Å²) in [6, 6.07) is 14.6. The molecule has 0 amide bonds. The summed E-state index contributed by atoms with van der Waals surface area (Å²) in [5.41, 5.74) is 2.15. The number of pyridine rings is 1. The number of aromatic nitrogens is 4. The maximum absolute atomic E-state index is 5.33. The Morgan fingerprint density at radius 1 is 1.00 bits per heavy atom. The van der Waals surface area contributed by atoms with Crippen molar-refractivity contribution in [3.05, 3.63) is 54.4 Å². The number of aryl methyl sites for hydroxylation is 1. The smallest absolute Gasteiger partial charge is 0.248 e. The molecule has 2 saturated heterocycles. The average Bonchev–Trinajstić information content (AvgIpc) is 3.18. The number of hydrogen-bond donors (Lipinski definition) is 1. The molecule has 29 heavy (non-hydrogen) atoms. The molecule has 0 atom stereocenters. The first-order chi connectivity index (χ1) is 14.3. The highest BCUT2D eigenvalue weighted by atomic mass is 16.5. The third-order valence-corrected chi connectivity index (χ3v) is 5.57. The van der Waals surface area contributed by atoms with E-state index in [1.807, 2.05) is 36.4 Å². The molecular weight excluding hydrogens is 366 g/mol. The number of hydrogen-bond acceptors (Lipinski definition) is 7. The quantitative estimate of drug-likeness (QED) is 0.715. The Bertz CT molecular complexity index is 962. The van der Waals surface area contributed by atoms with Crippen molar-refractivity contribution in [2.24, 2.45) is 0 Å². The minimum atomic E-state index is 0.533. The van der Waals surface area contributed by atoms with Gasteiger partial charge in [-0.15, -0.1) is 5.10 Å². The molecular formula is C21H25N7O. The molecule has 2 aliphatic heterocycles. The lowest BCUT2D eigenvalue weighted by atomic mass is 10.1. The van der Waals surface area contributed by atoms with Crippen LogP contribution in [0.3, 0.4) is 0 Å². The first kappa shape index (κ1) is 18.1. The Labute approximate surface area is 170 Å². The van der Waals surface area contributed by atoms with Crippen LogP contribution in [0.4, 0.5) is 17.6 Å². The van der Waals surface area contributed by atoms with Crippen LogP contribution in [-0.2, 0) is 4.74 Å². The highest BCUT2D eigenvalue weighted by Crippen LogP contribution is 2.24. The van der Waals surface area contributed by atoms with E-state index in [4.69, 9.17) is 9.72 Å². The largest absolute Gasteiger partial charge is 0.378 e.